The Labute approximate surface area is 153 Å². The Morgan fingerprint density at radius 3 is 2.46 bits per heavy atom. The number of aromatic nitrogens is 2. The third-order valence-corrected chi connectivity index (χ3v) is 5.13. The summed E-state index contributed by atoms with van der Waals surface area (Å²) in [6.07, 6.45) is -10.9. The predicted octanol–water partition coefficient (Wildman–Crippen LogP) is 3.91. The van der Waals surface area contributed by atoms with Gasteiger partial charge in [0.25, 0.3) is 0 Å². The molecule has 4 rings (SSSR count). The fourth-order valence-corrected chi connectivity index (χ4v) is 4.03. The van der Waals surface area contributed by atoms with Gasteiger partial charge in [-0.1, -0.05) is 0 Å². The van der Waals surface area contributed by atoms with Crippen LogP contribution in [0.1, 0.15) is 23.2 Å². The Kier molecular flexibility index (Phi) is 4.04. The fourth-order valence-electron chi connectivity index (χ4n) is 4.03. The predicted molar refractivity (Wildman–Crippen MR) is 89.2 cm³/mol. The highest BCUT2D eigenvalue weighted by atomic mass is 19.4. The van der Waals surface area contributed by atoms with E-state index in [2.05, 4.69) is 4.98 Å². The second kappa shape index (κ2) is 6.00. The maximum absolute atomic E-state index is 13.6. The first kappa shape index (κ1) is 18.9. The summed E-state index contributed by atoms with van der Waals surface area (Å²) < 4.78 is 80.6. The Morgan fingerprint density at radius 1 is 1.11 bits per heavy atom. The molecule has 0 bridgehead atoms. The topological polar surface area (TPSA) is 58.0 Å². The van der Waals surface area contributed by atoms with Crippen molar-refractivity contribution in [3.05, 3.63) is 45.4 Å². The average molecular weight is 404 g/mol. The summed E-state index contributed by atoms with van der Waals surface area (Å²) in [5, 5.41) is 9.46. The SMILES string of the molecule is O=c1cc(C(F)(F)F)c2c(ccc3c2c2c(n3CC(O)C(F)(F)F)CCC2)[nH]1. The molecular weight excluding hydrogens is 390 g/mol. The second-order valence-corrected chi connectivity index (χ2v) is 6.87. The number of aryl methyl sites for hydroxylation is 1. The molecule has 0 amide bonds. The van der Waals surface area contributed by atoms with Crippen molar-refractivity contribution in [1.82, 2.24) is 9.55 Å². The number of aliphatic hydroxyl groups excluding tert-OH is 1. The van der Waals surface area contributed by atoms with Crippen LogP contribution < -0.4 is 5.56 Å². The molecule has 28 heavy (non-hydrogen) atoms. The Bertz CT molecular complexity index is 1140. The van der Waals surface area contributed by atoms with Crippen LogP contribution in [0.5, 0.6) is 0 Å². The van der Waals surface area contributed by atoms with Crippen molar-refractivity contribution in [2.45, 2.75) is 44.3 Å². The quantitative estimate of drug-likeness (QED) is 0.637. The summed E-state index contributed by atoms with van der Waals surface area (Å²) in [5.41, 5.74) is -0.867. The molecule has 0 fully saturated rings. The molecule has 3 aromatic rings. The number of halogens is 6. The van der Waals surface area contributed by atoms with Crippen LogP contribution in [0.4, 0.5) is 26.3 Å². The summed E-state index contributed by atoms with van der Waals surface area (Å²) in [6.45, 7) is -0.800. The minimum Gasteiger partial charge on any atom is -0.382 e. The van der Waals surface area contributed by atoms with Gasteiger partial charge in [0.2, 0.25) is 5.56 Å². The van der Waals surface area contributed by atoms with E-state index in [1.54, 1.807) is 0 Å². The maximum atomic E-state index is 13.6. The van der Waals surface area contributed by atoms with E-state index in [9.17, 15) is 36.2 Å². The van der Waals surface area contributed by atoms with Crippen LogP contribution in [0.15, 0.2) is 23.0 Å². The molecule has 2 aromatic heterocycles. The van der Waals surface area contributed by atoms with E-state index in [4.69, 9.17) is 0 Å². The van der Waals surface area contributed by atoms with Gasteiger partial charge in [0.05, 0.1) is 12.1 Å². The number of nitrogens with zero attached hydrogens (tertiary/aromatic N) is 1. The molecule has 1 aliphatic carbocycles. The second-order valence-electron chi connectivity index (χ2n) is 6.87. The van der Waals surface area contributed by atoms with Crippen LogP contribution in [0, 0.1) is 0 Å². The van der Waals surface area contributed by atoms with Gasteiger partial charge in [-0.15, -0.1) is 0 Å². The number of aromatic amines is 1. The molecule has 4 nitrogen and oxygen atoms in total. The molecular formula is C18H14F6N2O2. The Hall–Kier alpha value is -2.49. The van der Waals surface area contributed by atoms with Crippen molar-refractivity contribution >= 4 is 21.8 Å². The average Bonchev–Trinajstić information content (AvgIpc) is 3.14. The molecule has 0 aliphatic heterocycles. The highest BCUT2D eigenvalue weighted by molar-refractivity contribution is 6.10. The van der Waals surface area contributed by atoms with Crippen LogP contribution in [0.3, 0.4) is 0 Å². The monoisotopic (exact) mass is 404 g/mol. The van der Waals surface area contributed by atoms with Crippen LogP contribution in [0.2, 0.25) is 0 Å². The summed E-state index contributed by atoms with van der Waals surface area (Å²) in [5.74, 6) is 0. The molecule has 0 radical (unpaired) electrons. The number of pyridine rings is 1. The third-order valence-electron chi connectivity index (χ3n) is 5.13. The van der Waals surface area contributed by atoms with E-state index in [1.807, 2.05) is 0 Å². The van der Waals surface area contributed by atoms with Gasteiger partial charge in [-0.3, -0.25) is 4.79 Å². The van der Waals surface area contributed by atoms with Gasteiger partial charge in [0.15, 0.2) is 6.10 Å². The molecule has 0 spiro atoms. The van der Waals surface area contributed by atoms with Crippen molar-refractivity contribution in [2.24, 2.45) is 0 Å². The molecule has 2 heterocycles. The normalized spacial score (nSPS) is 16.1. The zero-order valence-electron chi connectivity index (χ0n) is 14.2. The first-order valence-corrected chi connectivity index (χ1v) is 8.50. The van der Waals surface area contributed by atoms with Gasteiger partial charge in [0, 0.05) is 33.6 Å². The van der Waals surface area contributed by atoms with Gasteiger partial charge in [-0.05, 0) is 37.0 Å². The lowest BCUT2D eigenvalue weighted by molar-refractivity contribution is -0.207. The van der Waals surface area contributed by atoms with E-state index in [0.717, 1.165) is 0 Å². The lowest BCUT2D eigenvalue weighted by Gasteiger charge is -2.18. The summed E-state index contributed by atoms with van der Waals surface area (Å²) in [7, 11) is 0. The molecule has 1 unspecified atom stereocenters. The standard InChI is InChI=1S/C18H14F6N2O2/c19-17(20,21)9-6-14(28)25-10-4-5-12-15(16(9)10)8-2-1-3-11(8)26(12)7-13(27)18(22,23)24/h4-6,13,27H,1-3,7H2,(H,25,28). The Morgan fingerprint density at radius 2 is 1.82 bits per heavy atom. The minimum absolute atomic E-state index is 0.0319. The van der Waals surface area contributed by atoms with Crippen LogP contribution >= 0.6 is 0 Å². The summed E-state index contributed by atoms with van der Waals surface area (Å²) in [6, 6.07) is 3.10. The first-order valence-electron chi connectivity index (χ1n) is 8.50. The molecule has 10 heteroatoms. The highest BCUT2D eigenvalue weighted by Crippen LogP contribution is 2.42. The number of alkyl halides is 6. The van der Waals surface area contributed by atoms with Crippen molar-refractivity contribution in [1.29, 1.82) is 0 Å². The van der Waals surface area contributed by atoms with Crippen LogP contribution in [-0.2, 0) is 25.6 Å². The van der Waals surface area contributed by atoms with E-state index in [1.165, 1.54) is 16.7 Å². The number of H-pyrrole nitrogens is 1. The Balaban J connectivity index is 2.08. The van der Waals surface area contributed by atoms with E-state index >= 15 is 0 Å². The zero-order chi connectivity index (χ0) is 20.4. The number of hydrogen-bond acceptors (Lipinski definition) is 2. The number of hydrogen-bond donors (Lipinski definition) is 2. The summed E-state index contributed by atoms with van der Waals surface area (Å²) in [4.78, 5) is 14.0. The van der Waals surface area contributed by atoms with Crippen LogP contribution in [0.25, 0.3) is 21.8 Å². The van der Waals surface area contributed by atoms with Gasteiger partial charge in [-0.2, -0.15) is 26.3 Å². The van der Waals surface area contributed by atoms with Crippen molar-refractivity contribution < 1.29 is 31.4 Å². The number of nitrogens with one attached hydrogen (secondary N) is 1. The van der Waals surface area contributed by atoms with Gasteiger partial charge >= 0.3 is 12.4 Å². The van der Waals surface area contributed by atoms with E-state index in [0.29, 0.717) is 36.6 Å². The van der Waals surface area contributed by atoms with Crippen LogP contribution in [-0.4, -0.2) is 26.9 Å². The molecule has 0 saturated carbocycles. The highest BCUT2D eigenvalue weighted by Gasteiger charge is 2.40. The third kappa shape index (κ3) is 2.86. The maximum Gasteiger partial charge on any atom is 0.417 e. The lowest BCUT2D eigenvalue weighted by Crippen LogP contribution is -2.33. The molecule has 1 aromatic carbocycles. The molecule has 150 valence electrons. The van der Waals surface area contributed by atoms with E-state index < -0.39 is 36.1 Å². The van der Waals surface area contributed by atoms with Crippen molar-refractivity contribution in [3.63, 3.8) is 0 Å². The molecule has 1 aliphatic rings. The largest absolute Gasteiger partial charge is 0.417 e. The number of fused-ring (bicyclic) bond motifs is 5. The number of benzene rings is 1. The number of rotatable bonds is 2. The smallest absolute Gasteiger partial charge is 0.382 e. The van der Waals surface area contributed by atoms with Crippen molar-refractivity contribution in [3.8, 4) is 0 Å². The zero-order valence-corrected chi connectivity index (χ0v) is 14.2. The minimum atomic E-state index is -4.85. The number of aliphatic hydroxyl groups is 1. The fraction of sp³-hybridized carbons (Fsp3) is 0.389. The van der Waals surface area contributed by atoms with Crippen molar-refractivity contribution in [2.75, 3.05) is 0 Å². The summed E-state index contributed by atoms with van der Waals surface area (Å²) >= 11 is 0. The van der Waals surface area contributed by atoms with Gasteiger partial charge < -0.3 is 14.7 Å². The van der Waals surface area contributed by atoms with Gasteiger partial charge in [0.1, 0.15) is 0 Å². The van der Waals surface area contributed by atoms with Gasteiger partial charge in [-0.25, -0.2) is 0 Å². The van der Waals surface area contributed by atoms with E-state index in [-0.39, 0.29) is 21.8 Å². The first-order chi connectivity index (χ1) is 13.0. The molecule has 1 atom stereocenters. The molecule has 2 N–H and O–H groups in total. The molecule has 0 saturated heterocycles. The lowest BCUT2D eigenvalue weighted by atomic mass is 10.0.